The zero-order valence-electron chi connectivity index (χ0n) is 17.9. The minimum atomic E-state index is -0.420. The van der Waals surface area contributed by atoms with Crippen molar-refractivity contribution in [1.82, 2.24) is 25.4 Å². The third kappa shape index (κ3) is 5.97. The normalized spacial score (nSPS) is 14.1. The molecule has 0 bridgehead atoms. The number of benzene rings is 2. The van der Waals surface area contributed by atoms with Crippen molar-refractivity contribution in [2.75, 3.05) is 5.75 Å². The van der Waals surface area contributed by atoms with Crippen LogP contribution in [0, 0.1) is 0 Å². The van der Waals surface area contributed by atoms with Gasteiger partial charge >= 0.3 is 6.03 Å². The number of carbonyl (C=O) groups excluding carboxylic acids is 2. The van der Waals surface area contributed by atoms with Gasteiger partial charge in [0.25, 0.3) is 0 Å². The molecule has 2 aromatic carbocycles. The molecule has 32 heavy (non-hydrogen) atoms. The van der Waals surface area contributed by atoms with Crippen LogP contribution < -0.4 is 10.6 Å². The molecule has 0 radical (unpaired) electrons. The molecule has 0 atom stereocenters. The summed E-state index contributed by atoms with van der Waals surface area (Å²) in [4.78, 5) is 24.5. The van der Waals surface area contributed by atoms with E-state index in [1.807, 2.05) is 53.1 Å². The number of amides is 3. The highest BCUT2D eigenvalue weighted by atomic mass is 32.2. The second-order valence-electron chi connectivity index (χ2n) is 7.88. The quantitative estimate of drug-likeness (QED) is 0.530. The monoisotopic (exact) mass is 449 g/mol. The van der Waals surface area contributed by atoms with Crippen molar-refractivity contribution in [2.24, 2.45) is 0 Å². The molecule has 3 aromatic rings. The van der Waals surface area contributed by atoms with Gasteiger partial charge in [0.05, 0.1) is 5.75 Å². The fourth-order valence-corrected chi connectivity index (χ4v) is 4.66. The second-order valence-corrected chi connectivity index (χ2v) is 8.82. The first-order chi connectivity index (χ1) is 15.7. The zero-order valence-corrected chi connectivity index (χ0v) is 18.7. The molecule has 0 spiro atoms. The first-order valence-electron chi connectivity index (χ1n) is 11.0. The predicted molar refractivity (Wildman–Crippen MR) is 125 cm³/mol. The maximum Gasteiger partial charge on any atom is 0.321 e. The van der Waals surface area contributed by atoms with E-state index in [9.17, 15) is 9.59 Å². The van der Waals surface area contributed by atoms with E-state index in [2.05, 4.69) is 33.0 Å². The van der Waals surface area contributed by atoms with Crippen molar-refractivity contribution in [3.05, 3.63) is 72.1 Å². The molecular formula is C24H27N5O2S. The number of rotatable bonds is 7. The standard InChI is InChI=1S/C24H27N5O2S/c30-22(26-23(31)25-19-12-6-2-7-13-19)17-32-24-28-27-21(16-18-10-4-1-5-11-18)29(24)20-14-8-3-9-15-20/h1,3-5,8-11,14-15,19H,2,6-7,12-13,16-17H2,(H2,25,26,30,31). The van der Waals surface area contributed by atoms with Gasteiger partial charge in [-0.15, -0.1) is 10.2 Å². The Hall–Kier alpha value is -3.13. The highest BCUT2D eigenvalue weighted by Crippen LogP contribution is 2.23. The molecule has 2 N–H and O–H groups in total. The Bertz CT molecular complexity index is 1030. The van der Waals surface area contributed by atoms with E-state index >= 15 is 0 Å². The van der Waals surface area contributed by atoms with Crippen LogP contribution in [0.3, 0.4) is 0 Å². The van der Waals surface area contributed by atoms with Gasteiger partial charge in [-0.05, 0) is 30.5 Å². The molecule has 7 nitrogen and oxygen atoms in total. The van der Waals surface area contributed by atoms with E-state index in [0.717, 1.165) is 42.8 Å². The van der Waals surface area contributed by atoms with Crippen LogP contribution in [0.2, 0.25) is 0 Å². The van der Waals surface area contributed by atoms with Gasteiger partial charge in [0.1, 0.15) is 5.82 Å². The Morgan fingerprint density at radius 1 is 0.938 bits per heavy atom. The van der Waals surface area contributed by atoms with E-state index < -0.39 is 6.03 Å². The van der Waals surface area contributed by atoms with Gasteiger partial charge < -0.3 is 5.32 Å². The maximum absolute atomic E-state index is 12.4. The molecule has 0 unspecified atom stereocenters. The summed E-state index contributed by atoms with van der Waals surface area (Å²) in [6.07, 6.45) is 6.02. The lowest BCUT2D eigenvalue weighted by atomic mass is 9.96. The van der Waals surface area contributed by atoms with E-state index in [4.69, 9.17) is 0 Å². The number of aromatic nitrogens is 3. The Kier molecular flexibility index (Phi) is 7.55. The number of carbonyl (C=O) groups is 2. The van der Waals surface area contributed by atoms with Crippen LogP contribution in [-0.4, -0.2) is 38.5 Å². The smallest absolute Gasteiger partial charge is 0.321 e. The largest absolute Gasteiger partial charge is 0.335 e. The number of hydrogen-bond donors (Lipinski definition) is 2. The number of imide groups is 1. The third-order valence-electron chi connectivity index (χ3n) is 5.45. The van der Waals surface area contributed by atoms with Crippen molar-refractivity contribution >= 4 is 23.7 Å². The Morgan fingerprint density at radius 3 is 2.34 bits per heavy atom. The van der Waals surface area contributed by atoms with Gasteiger partial charge in [-0.3, -0.25) is 14.7 Å². The predicted octanol–water partition coefficient (Wildman–Crippen LogP) is 4.11. The lowest BCUT2D eigenvalue weighted by Gasteiger charge is -2.22. The van der Waals surface area contributed by atoms with Crippen molar-refractivity contribution < 1.29 is 9.59 Å². The molecule has 1 saturated carbocycles. The summed E-state index contributed by atoms with van der Waals surface area (Å²) < 4.78 is 1.97. The maximum atomic E-state index is 12.4. The van der Waals surface area contributed by atoms with Gasteiger partial charge in [0.2, 0.25) is 5.91 Å². The van der Waals surface area contributed by atoms with Crippen LogP contribution in [0.5, 0.6) is 0 Å². The van der Waals surface area contributed by atoms with E-state index in [1.54, 1.807) is 0 Å². The second kappa shape index (κ2) is 10.9. The van der Waals surface area contributed by atoms with Gasteiger partial charge in [-0.25, -0.2) is 4.79 Å². The Morgan fingerprint density at radius 2 is 1.62 bits per heavy atom. The number of thioether (sulfide) groups is 1. The minimum absolute atomic E-state index is 0.0778. The van der Waals surface area contributed by atoms with E-state index in [0.29, 0.717) is 11.6 Å². The molecule has 8 heteroatoms. The zero-order chi connectivity index (χ0) is 22.2. The number of para-hydroxylation sites is 1. The average Bonchev–Trinajstić information content (AvgIpc) is 3.22. The SMILES string of the molecule is O=C(CSc1nnc(Cc2ccccc2)n1-c1ccccc1)NC(=O)NC1CCCCC1. The van der Waals surface area contributed by atoms with Crippen LogP contribution in [0.1, 0.15) is 43.5 Å². The fraction of sp³-hybridized carbons (Fsp3) is 0.333. The topological polar surface area (TPSA) is 88.9 Å². The van der Waals surface area contributed by atoms with Crippen molar-refractivity contribution in [1.29, 1.82) is 0 Å². The summed E-state index contributed by atoms with van der Waals surface area (Å²) >= 11 is 1.27. The lowest BCUT2D eigenvalue weighted by molar-refractivity contribution is -0.117. The van der Waals surface area contributed by atoms with Crippen LogP contribution in [-0.2, 0) is 11.2 Å². The summed E-state index contributed by atoms with van der Waals surface area (Å²) in [7, 11) is 0. The molecule has 1 heterocycles. The Labute approximate surface area is 192 Å². The molecule has 166 valence electrons. The molecule has 3 amide bonds. The van der Waals surface area contributed by atoms with Crippen molar-refractivity contribution in [3.8, 4) is 5.69 Å². The third-order valence-corrected chi connectivity index (χ3v) is 6.37. The fourth-order valence-electron chi connectivity index (χ4n) is 3.88. The molecule has 1 aliphatic carbocycles. The van der Waals surface area contributed by atoms with Crippen LogP contribution in [0.15, 0.2) is 65.8 Å². The number of urea groups is 1. The Balaban J connectivity index is 1.41. The molecule has 0 saturated heterocycles. The molecule has 1 aromatic heterocycles. The number of hydrogen-bond acceptors (Lipinski definition) is 5. The highest BCUT2D eigenvalue weighted by molar-refractivity contribution is 7.99. The van der Waals surface area contributed by atoms with Crippen molar-refractivity contribution in [3.63, 3.8) is 0 Å². The molecular weight excluding hydrogens is 422 g/mol. The lowest BCUT2D eigenvalue weighted by Crippen LogP contribution is -2.45. The summed E-state index contributed by atoms with van der Waals surface area (Å²) in [5.41, 5.74) is 2.06. The summed E-state index contributed by atoms with van der Waals surface area (Å²) in [5, 5.41) is 14.7. The minimum Gasteiger partial charge on any atom is -0.335 e. The van der Waals surface area contributed by atoms with Gasteiger partial charge in [-0.2, -0.15) is 0 Å². The van der Waals surface area contributed by atoms with Crippen molar-refractivity contribution in [2.45, 2.75) is 49.7 Å². The first-order valence-corrected chi connectivity index (χ1v) is 11.9. The number of nitrogens with zero attached hydrogens (tertiary/aromatic N) is 3. The van der Waals surface area contributed by atoms with E-state index in [1.165, 1.54) is 18.2 Å². The van der Waals surface area contributed by atoms with Crippen LogP contribution >= 0.6 is 11.8 Å². The molecule has 0 aliphatic heterocycles. The highest BCUT2D eigenvalue weighted by Gasteiger charge is 2.19. The summed E-state index contributed by atoms with van der Waals surface area (Å²) in [6.45, 7) is 0. The number of nitrogens with one attached hydrogen (secondary N) is 2. The van der Waals surface area contributed by atoms with Crippen LogP contribution in [0.25, 0.3) is 5.69 Å². The van der Waals surface area contributed by atoms with Gasteiger partial charge in [0, 0.05) is 18.2 Å². The molecule has 1 fully saturated rings. The summed E-state index contributed by atoms with van der Waals surface area (Å²) in [5.74, 6) is 0.518. The van der Waals surface area contributed by atoms with Gasteiger partial charge in [0.15, 0.2) is 5.16 Å². The van der Waals surface area contributed by atoms with Gasteiger partial charge in [-0.1, -0.05) is 79.6 Å². The van der Waals surface area contributed by atoms with Crippen LogP contribution in [0.4, 0.5) is 4.79 Å². The van der Waals surface area contributed by atoms with E-state index in [-0.39, 0.29) is 17.7 Å². The molecule has 4 rings (SSSR count). The first kappa shape index (κ1) is 22.1. The molecule has 1 aliphatic rings. The average molecular weight is 450 g/mol. The summed E-state index contributed by atoms with van der Waals surface area (Å²) in [6, 6.07) is 19.7.